The smallest absolute Gasteiger partial charge is 0.251 e. The number of hydrogen-bond acceptors (Lipinski definition) is 3. The summed E-state index contributed by atoms with van der Waals surface area (Å²) >= 11 is 0. The number of carbonyl (C=O) groups is 1. The molecule has 4 heteroatoms. The molecule has 98 valence electrons. The van der Waals surface area contributed by atoms with Crippen LogP contribution in [0, 0.1) is 6.92 Å². The average molecular weight is 248 g/mol. The molecular formula is C14H20N2O2. The topological polar surface area (TPSA) is 75.4 Å². The zero-order chi connectivity index (χ0) is 13.1. The third-order valence-corrected chi connectivity index (χ3v) is 3.41. The Labute approximate surface area is 107 Å². The fourth-order valence-electron chi connectivity index (χ4n) is 2.48. The monoisotopic (exact) mass is 248 g/mol. The van der Waals surface area contributed by atoms with Crippen LogP contribution in [0.3, 0.4) is 0 Å². The zero-order valence-corrected chi connectivity index (χ0v) is 10.6. The molecule has 1 fully saturated rings. The van der Waals surface area contributed by atoms with Crippen molar-refractivity contribution in [2.24, 2.45) is 0 Å². The van der Waals surface area contributed by atoms with Crippen LogP contribution < -0.4 is 11.1 Å². The predicted octanol–water partition coefficient (Wildman–Crippen LogP) is 1.61. The molecule has 2 atom stereocenters. The van der Waals surface area contributed by atoms with Crippen LogP contribution in [0.2, 0.25) is 0 Å². The molecule has 0 saturated heterocycles. The minimum absolute atomic E-state index is 0.131. The van der Waals surface area contributed by atoms with Gasteiger partial charge in [0.2, 0.25) is 0 Å². The van der Waals surface area contributed by atoms with E-state index < -0.39 is 6.10 Å². The Morgan fingerprint density at radius 3 is 2.72 bits per heavy atom. The molecule has 0 aromatic heterocycles. The second kappa shape index (κ2) is 5.40. The van der Waals surface area contributed by atoms with Crippen molar-refractivity contribution in [2.45, 2.75) is 44.8 Å². The molecule has 1 aliphatic rings. The maximum Gasteiger partial charge on any atom is 0.251 e. The molecule has 1 aromatic carbocycles. The molecule has 1 amide bonds. The number of rotatable bonds is 2. The summed E-state index contributed by atoms with van der Waals surface area (Å²) in [6.45, 7) is 1.91. The number of carbonyl (C=O) groups excluding carboxylic acids is 1. The number of anilines is 1. The highest BCUT2D eigenvalue weighted by molar-refractivity contribution is 5.95. The van der Waals surface area contributed by atoms with Crippen molar-refractivity contribution in [1.29, 1.82) is 0 Å². The van der Waals surface area contributed by atoms with Gasteiger partial charge in [0.05, 0.1) is 12.1 Å². The Bertz CT molecular complexity index is 425. The molecule has 0 spiro atoms. The highest BCUT2D eigenvalue weighted by Gasteiger charge is 2.24. The maximum atomic E-state index is 12.1. The molecule has 2 rings (SSSR count). The van der Waals surface area contributed by atoms with Crippen molar-refractivity contribution in [2.75, 3.05) is 5.73 Å². The Morgan fingerprint density at radius 1 is 1.33 bits per heavy atom. The number of aliphatic hydroxyl groups excluding tert-OH is 1. The molecular weight excluding hydrogens is 228 g/mol. The van der Waals surface area contributed by atoms with Crippen LogP contribution in [-0.2, 0) is 0 Å². The second-order valence-corrected chi connectivity index (χ2v) is 5.06. The van der Waals surface area contributed by atoms with Crippen LogP contribution in [0.15, 0.2) is 18.2 Å². The summed E-state index contributed by atoms with van der Waals surface area (Å²) in [4.78, 5) is 12.1. The first-order valence-corrected chi connectivity index (χ1v) is 6.42. The number of hydrogen-bond donors (Lipinski definition) is 3. The molecule has 1 aromatic rings. The molecule has 1 aliphatic carbocycles. The summed E-state index contributed by atoms with van der Waals surface area (Å²) in [7, 11) is 0. The van der Waals surface area contributed by atoms with Crippen molar-refractivity contribution >= 4 is 11.6 Å². The Balaban J connectivity index is 2.06. The van der Waals surface area contributed by atoms with Crippen LogP contribution in [0.5, 0.6) is 0 Å². The molecule has 1 saturated carbocycles. The quantitative estimate of drug-likeness (QED) is 0.696. The number of benzene rings is 1. The van der Waals surface area contributed by atoms with E-state index in [0.717, 1.165) is 31.2 Å². The first kappa shape index (κ1) is 12.9. The van der Waals surface area contributed by atoms with Crippen LogP contribution in [0.25, 0.3) is 0 Å². The molecule has 0 bridgehead atoms. The van der Waals surface area contributed by atoms with Crippen molar-refractivity contribution in [1.82, 2.24) is 5.32 Å². The lowest BCUT2D eigenvalue weighted by atomic mass is 9.92. The zero-order valence-electron chi connectivity index (χ0n) is 10.6. The summed E-state index contributed by atoms with van der Waals surface area (Å²) in [5, 5.41) is 12.7. The van der Waals surface area contributed by atoms with E-state index >= 15 is 0 Å². The Morgan fingerprint density at radius 2 is 2.06 bits per heavy atom. The molecule has 2 unspecified atom stereocenters. The van der Waals surface area contributed by atoms with Crippen molar-refractivity contribution in [3.63, 3.8) is 0 Å². The average Bonchev–Trinajstić information content (AvgIpc) is 2.31. The SMILES string of the molecule is Cc1cc(N)cc(C(=O)NC2CCCCC2O)c1. The van der Waals surface area contributed by atoms with Gasteiger partial charge in [0.15, 0.2) is 0 Å². The lowest BCUT2D eigenvalue weighted by Crippen LogP contribution is -2.45. The minimum Gasteiger partial charge on any atom is -0.399 e. The fraction of sp³-hybridized carbons (Fsp3) is 0.500. The number of aliphatic hydroxyl groups is 1. The van der Waals surface area contributed by atoms with Gasteiger partial charge in [-0.2, -0.15) is 0 Å². The van der Waals surface area contributed by atoms with Crippen molar-refractivity contribution in [3.05, 3.63) is 29.3 Å². The number of amides is 1. The van der Waals surface area contributed by atoms with Crippen molar-refractivity contribution < 1.29 is 9.90 Å². The Kier molecular flexibility index (Phi) is 3.87. The summed E-state index contributed by atoms with van der Waals surface area (Å²) in [5.74, 6) is -0.156. The number of nitrogens with two attached hydrogens (primary N) is 1. The molecule has 4 N–H and O–H groups in total. The first-order valence-electron chi connectivity index (χ1n) is 6.42. The van der Waals surface area contributed by atoms with Crippen LogP contribution in [-0.4, -0.2) is 23.2 Å². The van der Waals surface area contributed by atoms with E-state index in [-0.39, 0.29) is 11.9 Å². The van der Waals surface area contributed by atoms with Gasteiger partial charge in [0.1, 0.15) is 0 Å². The third kappa shape index (κ3) is 3.01. The highest BCUT2D eigenvalue weighted by atomic mass is 16.3. The minimum atomic E-state index is -0.426. The maximum absolute atomic E-state index is 12.1. The van der Waals surface area contributed by atoms with Gasteiger partial charge in [0.25, 0.3) is 5.91 Å². The number of aryl methyl sites for hydroxylation is 1. The van der Waals surface area contributed by atoms with Gasteiger partial charge < -0.3 is 16.2 Å². The van der Waals surface area contributed by atoms with Gasteiger partial charge >= 0.3 is 0 Å². The predicted molar refractivity (Wildman–Crippen MR) is 71.3 cm³/mol. The van der Waals surface area contributed by atoms with E-state index in [2.05, 4.69) is 5.32 Å². The van der Waals surface area contributed by atoms with Crippen molar-refractivity contribution in [3.8, 4) is 0 Å². The number of nitrogens with one attached hydrogen (secondary N) is 1. The fourth-order valence-corrected chi connectivity index (χ4v) is 2.48. The summed E-state index contributed by atoms with van der Waals surface area (Å²) in [5.41, 5.74) is 7.84. The molecule has 4 nitrogen and oxygen atoms in total. The van der Waals surface area contributed by atoms with E-state index in [1.54, 1.807) is 12.1 Å². The van der Waals surface area contributed by atoms with Crippen LogP contribution in [0.4, 0.5) is 5.69 Å². The van der Waals surface area contributed by atoms with E-state index in [1.165, 1.54) is 0 Å². The van der Waals surface area contributed by atoms with Crippen LogP contribution in [0.1, 0.15) is 41.6 Å². The lowest BCUT2D eigenvalue weighted by Gasteiger charge is -2.28. The number of nitrogen functional groups attached to an aromatic ring is 1. The highest BCUT2D eigenvalue weighted by Crippen LogP contribution is 2.19. The largest absolute Gasteiger partial charge is 0.399 e. The van der Waals surface area contributed by atoms with E-state index in [4.69, 9.17) is 5.73 Å². The second-order valence-electron chi connectivity index (χ2n) is 5.06. The summed E-state index contributed by atoms with van der Waals surface area (Å²) < 4.78 is 0. The van der Waals surface area contributed by atoms with Gasteiger partial charge in [-0.25, -0.2) is 0 Å². The van der Waals surface area contributed by atoms with E-state index in [9.17, 15) is 9.90 Å². The Hall–Kier alpha value is -1.55. The van der Waals surface area contributed by atoms with Gasteiger partial charge in [0, 0.05) is 11.3 Å². The van der Waals surface area contributed by atoms with E-state index in [0.29, 0.717) is 11.3 Å². The molecule has 0 radical (unpaired) electrons. The van der Waals surface area contributed by atoms with Gasteiger partial charge in [-0.1, -0.05) is 12.8 Å². The molecule has 0 aliphatic heterocycles. The van der Waals surface area contributed by atoms with Gasteiger partial charge in [-0.05, 0) is 43.5 Å². The third-order valence-electron chi connectivity index (χ3n) is 3.41. The van der Waals surface area contributed by atoms with Gasteiger partial charge in [-0.15, -0.1) is 0 Å². The summed E-state index contributed by atoms with van der Waals surface area (Å²) in [6.07, 6.45) is 3.27. The normalized spacial score (nSPS) is 23.7. The van der Waals surface area contributed by atoms with Gasteiger partial charge in [-0.3, -0.25) is 4.79 Å². The molecule has 0 heterocycles. The first-order chi connectivity index (χ1) is 8.56. The standard InChI is InChI=1S/C14H20N2O2/c1-9-6-10(8-11(15)7-9)14(18)16-12-4-2-3-5-13(12)17/h6-8,12-13,17H,2-5,15H2,1H3,(H,16,18). The van der Waals surface area contributed by atoms with Crippen LogP contribution >= 0.6 is 0 Å². The van der Waals surface area contributed by atoms with E-state index in [1.807, 2.05) is 13.0 Å². The molecule has 18 heavy (non-hydrogen) atoms. The lowest BCUT2D eigenvalue weighted by molar-refractivity contribution is 0.0717. The summed E-state index contributed by atoms with van der Waals surface area (Å²) in [6, 6.07) is 5.16.